The highest BCUT2D eigenvalue weighted by atomic mass is 15.2. The first-order chi connectivity index (χ1) is 8.08. The number of hydrogen-bond acceptors (Lipinski definition) is 3. The molecule has 0 aliphatic heterocycles. The predicted molar refractivity (Wildman–Crippen MR) is 72.2 cm³/mol. The van der Waals surface area contributed by atoms with E-state index >= 15 is 0 Å². The van der Waals surface area contributed by atoms with Crippen LogP contribution in [0.25, 0.3) is 0 Å². The minimum Gasteiger partial charge on any atom is -0.357 e. The standard InChI is InChI=1S/C14H23N3/c1-10(15)8-12-4-7-14(16-9-12)17(3)11(2)13-5-6-13/h4,7,9-11,13H,5-6,8,15H2,1-3H3. The third-order valence-corrected chi connectivity index (χ3v) is 3.64. The van der Waals surface area contributed by atoms with E-state index in [0.29, 0.717) is 6.04 Å². The molecular formula is C14H23N3. The Bertz CT molecular complexity index is 354. The van der Waals surface area contributed by atoms with Gasteiger partial charge >= 0.3 is 0 Å². The number of anilines is 1. The molecule has 0 amide bonds. The van der Waals surface area contributed by atoms with Gasteiger partial charge in [-0.05, 0) is 50.7 Å². The topological polar surface area (TPSA) is 42.1 Å². The van der Waals surface area contributed by atoms with Crippen LogP contribution >= 0.6 is 0 Å². The molecule has 0 saturated heterocycles. The number of nitrogens with zero attached hydrogens (tertiary/aromatic N) is 2. The van der Waals surface area contributed by atoms with Crippen molar-refractivity contribution in [2.24, 2.45) is 11.7 Å². The third kappa shape index (κ3) is 3.19. The van der Waals surface area contributed by atoms with E-state index in [4.69, 9.17) is 5.73 Å². The van der Waals surface area contributed by atoms with Crippen LogP contribution in [-0.2, 0) is 6.42 Å². The summed E-state index contributed by atoms with van der Waals surface area (Å²) in [6.07, 6.45) is 5.59. The van der Waals surface area contributed by atoms with Gasteiger partial charge in [-0.25, -0.2) is 4.98 Å². The Hall–Kier alpha value is -1.09. The van der Waals surface area contributed by atoms with E-state index in [1.54, 1.807) is 0 Å². The Morgan fingerprint density at radius 2 is 2.12 bits per heavy atom. The largest absolute Gasteiger partial charge is 0.357 e. The van der Waals surface area contributed by atoms with Gasteiger partial charge in [0, 0.05) is 25.3 Å². The first-order valence-electron chi connectivity index (χ1n) is 6.51. The summed E-state index contributed by atoms with van der Waals surface area (Å²) in [5.74, 6) is 1.93. The summed E-state index contributed by atoms with van der Waals surface area (Å²) >= 11 is 0. The van der Waals surface area contributed by atoms with Crippen molar-refractivity contribution in [1.82, 2.24) is 4.98 Å². The smallest absolute Gasteiger partial charge is 0.128 e. The minimum atomic E-state index is 0.200. The molecule has 17 heavy (non-hydrogen) atoms. The van der Waals surface area contributed by atoms with Crippen LogP contribution in [0.2, 0.25) is 0 Å². The van der Waals surface area contributed by atoms with Gasteiger partial charge in [0.25, 0.3) is 0 Å². The van der Waals surface area contributed by atoms with Crippen LogP contribution in [0, 0.1) is 5.92 Å². The Morgan fingerprint density at radius 1 is 1.41 bits per heavy atom. The molecule has 1 aliphatic rings. The number of aromatic nitrogens is 1. The molecule has 1 heterocycles. The Morgan fingerprint density at radius 3 is 2.59 bits per heavy atom. The maximum Gasteiger partial charge on any atom is 0.128 e. The highest BCUT2D eigenvalue weighted by Crippen LogP contribution is 2.35. The van der Waals surface area contributed by atoms with E-state index in [9.17, 15) is 0 Å². The predicted octanol–water partition coefficient (Wildman–Crippen LogP) is 2.21. The molecule has 0 spiro atoms. The average molecular weight is 233 g/mol. The van der Waals surface area contributed by atoms with Gasteiger partial charge in [0.2, 0.25) is 0 Å². The van der Waals surface area contributed by atoms with E-state index in [1.807, 2.05) is 13.1 Å². The van der Waals surface area contributed by atoms with Crippen LogP contribution in [-0.4, -0.2) is 24.1 Å². The van der Waals surface area contributed by atoms with Crippen LogP contribution in [0.4, 0.5) is 5.82 Å². The zero-order valence-corrected chi connectivity index (χ0v) is 11.1. The molecule has 2 unspecified atom stereocenters. The second kappa shape index (κ2) is 5.05. The highest BCUT2D eigenvalue weighted by Gasteiger charge is 2.30. The molecule has 0 radical (unpaired) electrons. The van der Waals surface area contributed by atoms with Gasteiger partial charge in [0.15, 0.2) is 0 Å². The minimum absolute atomic E-state index is 0.200. The van der Waals surface area contributed by atoms with Gasteiger partial charge in [0.05, 0.1) is 0 Å². The lowest BCUT2D eigenvalue weighted by atomic mass is 10.1. The molecule has 2 N–H and O–H groups in total. The molecule has 1 saturated carbocycles. The van der Waals surface area contributed by atoms with Crippen molar-refractivity contribution < 1.29 is 0 Å². The molecule has 1 fully saturated rings. The molecule has 1 aliphatic carbocycles. The summed E-state index contributed by atoms with van der Waals surface area (Å²) in [5.41, 5.74) is 7.00. The molecule has 1 aromatic rings. The second-order valence-electron chi connectivity index (χ2n) is 5.39. The molecule has 0 aromatic carbocycles. The summed E-state index contributed by atoms with van der Waals surface area (Å²) in [6.45, 7) is 4.31. The summed E-state index contributed by atoms with van der Waals surface area (Å²) in [7, 11) is 2.14. The van der Waals surface area contributed by atoms with E-state index in [0.717, 1.165) is 18.2 Å². The molecule has 3 heteroatoms. The summed E-state index contributed by atoms with van der Waals surface area (Å²) in [6, 6.07) is 5.05. The molecule has 94 valence electrons. The Labute approximate surface area is 104 Å². The van der Waals surface area contributed by atoms with Gasteiger partial charge in [0.1, 0.15) is 5.82 Å². The van der Waals surface area contributed by atoms with Crippen LogP contribution in [0.3, 0.4) is 0 Å². The van der Waals surface area contributed by atoms with Crippen molar-refractivity contribution >= 4 is 5.82 Å². The van der Waals surface area contributed by atoms with Crippen molar-refractivity contribution in [1.29, 1.82) is 0 Å². The van der Waals surface area contributed by atoms with Crippen molar-refractivity contribution in [3.8, 4) is 0 Å². The molecule has 0 bridgehead atoms. The maximum absolute atomic E-state index is 5.78. The average Bonchev–Trinajstić information content (AvgIpc) is 3.11. The van der Waals surface area contributed by atoms with Gasteiger partial charge in [-0.2, -0.15) is 0 Å². The molecule has 1 aromatic heterocycles. The van der Waals surface area contributed by atoms with Crippen molar-refractivity contribution in [2.75, 3.05) is 11.9 Å². The second-order valence-corrected chi connectivity index (χ2v) is 5.39. The first kappa shape index (κ1) is 12.4. The lowest BCUT2D eigenvalue weighted by Gasteiger charge is -2.26. The van der Waals surface area contributed by atoms with E-state index in [2.05, 4.69) is 36.0 Å². The van der Waals surface area contributed by atoms with Crippen molar-refractivity contribution in [3.05, 3.63) is 23.9 Å². The summed E-state index contributed by atoms with van der Waals surface area (Å²) in [5, 5.41) is 0. The number of pyridine rings is 1. The quantitative estimate of drug-likeness (QED) is 0.848. The van der Waals surface area contributed by atoms with Crippen LogP contribution < -0.4 is 10.6 Å². The fourth-order valence-corrected chi connectivity index (χ4v) is 2.22. The Kier molecular flexibility index (Phi) is 3.67. The van der Waals surface area contributed by atoms with E-state index in [1.165, 1.54) is 18.4 Å². The lowest BCUT2D eigenvalue weighted by Crippen LogP contribution is -2.31. The maximum atomic E-state index is 5.78. The highest BCUT2D eigenvalue weighted by molar-refractivity contribution is 5.40. The van der Waals surface area contributed by atoms with E-state index in [-0.39, 0.29) is 6.04 Å². The first-order valence-corrected chi connectivity index (χ1v) is 6.51. The van der Waals surface area contributed by atoms with Crippen LogP contribution in [0.5, 0.6) is 0 Å². The fraction of sp³-hybridized carbons (Fsp3) is 0.643. The van der Waals surface area contributed by atoms with Crippen molar-refractivity contribution in [3.63, 3.8) is 0 Å². The number of hydrogen-bond donors (Lipinski definition) is 1. The third-order valence-electron chi connectivity index (χ3n) is 3.64. The number of rotatable bonds is 5. The zero-order chi connectivity index (χ0) is 12.4. The Balaban J connectivity index is 2.01. The van der Waals surface area contributed by atoms with Gasteiger partial charge in [-0.15, -0.1) is 0 Å². The molecule has 3 nitrogen and oxygen atoms in total. The number of nitrogens with two attached hydrogens (primary N) is 1. The fourth-order valence-electron chi connectivity index (χ4n) is 2.22. The van der Waals surface area contributed by atoms with Gasteiger partial charge < -0.3 is 10.6 Å². The van der Waals surface area contributed by atoms with Gasteiger partial charge in [-0.1, -0.05) is 6.07 Å². The molecule has 2 atom stereocenters. The van der Waals surface area contributed by atoms with Crippen LogP contribution in [0.15, 0.2) is 18.3 Å². The lowest BCUT2D eigenvalue weighted by molar-refractivity contribution is 0.603. The van der Waals surface area contributed by atoms with Gasteiger partial charge in [-0.3, -0.25) is 0 Å². The SMILES string of the molecule is CC(N)Cc1ccc(N(C)C(C)C2CC2)nc1. The molecular weight excluding hydrogens is 210 g/mol. The van der Waals surface area contributed by atoms with E-state index < -0.39 is 0 Å². The molecule has 2 rings (SSSR count). The van der Waals surface area contributed by atoms with Crippen LogP contribution in [0.1, 0.15) is 32.3 Å². The van der Waals surface area contributed by atoms with Crippen molar-refractivity contribution in [2.45, 2.75) is 45.2 Å². The summed E-state index contributed by atoms with van der Waals surface area (Å²) < 4.78 is 0. The summed E-state index contributed by atoms with van der Waals surface area (Å²) in [4.78, 5) is 6.82. The monoisotopic (exact) mass is 233 g/mol. The normalized spacial score (nSPS) is 18.8. The zero-order valence-electron chi connectivity index (χ0n) is 11.1.